The van der Waals surface area contributed by atoms with Gasteiger partial charge in [0.25, 0.3) is 0 Å². The summed E-state index contributed by atoms with van der Waals surface area (Å²) in [5.74, 6) is -0.0684. The molecule has 0 radical (unpaired) electrons. The van der Waals surface area contributed by atoms with Gasteiger partial charge in [-0.05, 0) is 22.6 Å². The Kier molecular flexibility index (Phi) is 7.21. The number of hydrogen-bond donors (Lipinski definition) is 1. The highest BCUT2D eigenvalue weighted by Gasteiger charge is 2.22. The standard InChI is InChI=1S/C21H25NO4/c1-15(2)18-11-9-16(10-12-18)13-19(20(23)25-3)22-21(24)26-14-17-7-5-4-6-8-17/h4-12,15,19H,13-14H2,1-3H3,(H,22,24)/t19-/m1/s1. The first kappa shape index (κ1) is 19.5. The minimum atomic E-state index is -0.798. The molecule has 0 spiro atoms. The van der Waals surface area contributed by atoms with Gasteiger partial charge in [-0.1, -0.05) is 68.4 Å². The topological polar surface area (TPSA) is 64.6 Å². The first-order valence-corrected chi connectivity index (χ1v) is 8.63. The fraction of sp³-hybridized carbons (Fsp3) is 0.333. The monoisotopic (exact) mass is 355 g/mol. The number of amides is 1. The van der Waals surface area contributed by atoms with Crippen molar-refractivity contribution in [3.8, 4) is 0 Å². The number of rotatable bonds is 7. The van der Waals surface area contributed by atoms with Crippen molar-refractivity contribution in [2.24, 2.45) is 0 Å². The summed E-state index contributed by atoms with van der Waals surface area (Å²) in [5, 5.41) is 2.59. The lowest BCUT2D eigenvalue weighted by Gasteiger charge is -2.17. The number of esters is 1. The minimum absolute atomic E-state index is 0.143. The Morgan fingerprint density at radius 1 is 0.962 bits per heavy atom. The maximum atomic E-state index is 12.0. The SMILES string of the molecule is COC(=O)[C@@H](Cc1ccc(C(C)C)cc1)NC(=O)OCc1ccccc1. The second-order valence-electron chi connectivity index (χ2n) is 6.38. The summed E-state index contributed by atoms with van der Waals surface area (Å²) in [6.07, 6.45) is -0.311. The predicted octanol–water partition coefficient (Wildman–Crippen LogP) is 3.82. The zero-order chi connectivity index (χ0) is 18.9. The lowest BCUT2D eigenvalue weighted by atomic mass is 9.99. The van der Waals surface area contributed by atoms with Crippen molar-refractivity contribution in [3.63, 3.8) is 0 Å². The quantitative estimate of drug-likeness (QED) is 0.767. The van der Waals surface area contributed by atoms with Crippen molar-refractivity contribution in [1.29, 1.82) is 0 Å². The second kappa shape index (κ2) is 9.61. The molecule has 0 saturated heterocycles. The van der Waals surface area contributed by atoms with E-state index < -0.39 is 18.1 Å². The van der Waals surface area contributed by atoms with Gasteiger partial charge in [0.1, 0.15) is 12.6 Å². The molecule has 2 rings (SSSR count). The zero-order valence-corrected chi connectivity index (χ0v) is 15.4. The molecule has 0 aliphatic rings. The number of ether oxygens (including phenoxy) is 2. The predicted molar refractivity (Wildman–Crippen MR) is 99.8 cm³/mol. The molecule has 5 nitrogen and oxygen atoms in total. The lowest BCUT2D eigenvalue weighted by molar-refractivity contribution is -0.143. The Bertz CT molecular complexity index is 711. The third-order valence-electron chi connectivity index (χ3n) is 4.08. The van der Waals surface area contributed by atoms with Crippen LogP contribution in [0.4, 0.5) is 4.79 Å². The van der Waals surface area contributed by atoms with Crippen LogP contribution >= 0.6 is 0 Å². The molecule has 0 saturated carbocycles. The van der Waals surface area contributed by atoms with Crippen molar-refractivity contribution in [2.75, 3.05) is 7.11 Å². The molecule has 0 aliphatic heterocycles. The molecule has 1 N–H and O–H groups in total. The van der Waals surface area contributed by atoms with Crippen LogP contribution in [0.1, 0.15) is 36.5 Å². The summed E-state index contributed by atoms with van der Waals surface area (Å²) in [6, 6.07) is 16.5. The third-order valence-corrected chi connectivity index (χ3v) is 4.08. The average Bonchev–Trinajstić information content (AvgIpc) is 2.66. The Balaban J connectivity index is 1.95. The van der Waals surface area contributed by atoms with Crippen molar-refractivity contribution < 1.29 is 19.1 Å². The highest BCUT2D eigenvalue weighted by molar-refractivity contribution is 5.81. The van der Waals surface area contributed by atoms with E-state index in [-0.39, 0.29) is 6.61 Å². The van der Waals surface area contributed by atoms with Crippen LogP contribution in [0.2, 0.25) is 0 Å². The van der Waals surface area contributed by atoms with E-state index in [0.29, 0.717) is 12.3 Å². The van der Waals surface area contributed by atoms with Gasteiger partial charge in [0.2, 0.25) is 0 Å². The molecule has 0 unspecified atom stereocenters. The Labute approximate surface area is 154 Å². The van der Waals surface area contributed by atoms with E-state index in [4.69, 9.17) is 9.47 Å². The highest BCUT2D eigenvalue weighted by atomic mass is 16.6. The largest absolute Gasteiger partial charge is 0.467 e. The first-order valence-electron chi connectivity index (χ1n) is 8.63. The van der Waals surface area contributed by atoms with E-state index in [1.54, 1.807) is 0 Å². The number of carbonyl (C=O) groups excluding carboxylic acids is 2. The first-order chi connectivity index (χ1) is 12.5. The smallest absolute Gasteiger partial charge is 0.408 e. The summed E-state index contributed by atoms with van der Waals surface area (Å²) in [4.78, 5) is 24.0. The molecular weight excluding hydrogens is 330 g/mol. The fourth-order valence-electron chi connectivity index (χ4n) is 2.52. The summed E-state index contributed by atoms with van der Waals surface area (Å²) in [5.41, 5.74) is 3.04. The maximum Gasteiger partial charge on any atom is 0.408 e. The number of hydrogen-bond acceptors (Lipinski definition) is 4. The minimum Gasteiger partial charge on any atom is -0.467 e. The van der Waals surface area contributed by atoms with Crippen LogP contribution in [0.3, 0.4) is 0 Å². The van der Waals surface area contributed by atoms with E-state index >= 15 is 0 Å². The Hall–Kier alpha value is -2.82. The van der Waals surface area contributed by atoms with Gasteiger partial charge in [0.15, 0.2) is 0 Å². The van der Waals surface area contributed by atoms with Gasteiger partial charge in [0, 0.05) is 6.42 Å². The van der Waals surface area contributed by atoms with E-state index in [1.807, 2.05) is 54.6 Å². The van der Waals surface area contributed by atoms with Crippen LogP contribution in [0, 0.1) is 0 Å². The van der Waals surface area contributed by atoms with Crippen LogP contribution < -0.4 is 5.32 Å². The molecule has 26 heavy (non-hydrogen) atoms. The van der Waals surface area contributed by atoms with Gasteiger partial charge in [-0.3, -0.25) is 0 Å². The van der Waals surface area contributed by atoms with Crippen molar-refractivity contribution in [1.82, 2.24) is 5.32 Å². The summed E-state index contributed by atoms with van der Waals surface area (Å²) >= 11 is 0. The molecule has 0 heterocycles. The molecule has 0 aromatic heterocycles. The molecule has 1 atom stereocenters. The Morgan fingerprint density at radius 2 is 1.62 bits per heavy atom. The van der Waals surface area contributed by atoms with Crippen LogP contribution in [0.5, 0.6) is 0 Å². The molecule has 1 amide bonds. The van der Waals surface area contributed by atoms with Crippen molar-refractivity contribution in [2.45, 2.75) is 38.8 Å². The molecule has 0 bridgehead atoms. The molecule has 5 heteroatoms. The molecule has 138 valence electrons. The van der Waals surface area contributed by atoms with E-state index in [0.717, 1.165) is 11.1 Å². The van der Waals surface area contributed by atoms with Gasteiger partial charge >= 0.3 is 12.1 Å². The fourth-order valence-corrected chi connectivity index (χ4v) is 2.52. The number of nitrogens with one attached hydrogen (secondary N) is 1. The molecule has 0 fully saturated rings. The normalized spacial score (nSPS) is 11.7. The van der Waals surface area contributed by atoms with Crippen LogP contribution in [-0.4, -0.2) is 25.2 Å². The maximum absolute atomic E-state index is 12.0. The summed E-state index contributed by atoms with van der Waals surface area (Å²) in [6.45, 7) is 4.39. The van der Waals surface area contributed by atoms with Gasteiger partial charge in [-0.25, -0.2) is 9.59 Å². The zero-order valence-electron chi connectivity index (χ0n) is 15.4. The van der Waals surface area contributed by atoms with Crippen LogP contribution in [0.25, 0.3) is 0 Å². The van der Waals surface area contributed by atoms with Gasteiger partial charge < -0.3 is 14.8 Å². The molecule has 2 aromatic carbocycles. The third kappa shape index (κ3) is 5.92. The number of methoxy groups -OCH3 is 1. The van der Waals surface area contributed by atoms with E-state index in [2.05, 4.69) is 19.2 Å². The van der Waals surface area contributed by atoms with E-state index in [1.165, 1.54) is 12.7 Å². The average molecular weight is 355 g/mol. The number of carbonyl (C=O) groups is 2. The highest BCUT2D eigenvalue weighted by Crippen LogP contribution is 2.16. The molecule has 0 aliphatic carbocycles. The molecular formula is C21H25NO4. The Morgan fingerprint density at radius 3 is 2.19 bits per heavy atom. The van der Waals surface area contributed by atoms with Gasteiger partial charge in [0.05, 0.1) is 7.11 Å². The second-order valence-corrected chi connectivity index (χ2v) is 6.38. The van der Waals surface area contributed by atoms with Gasteiger partial charge in [-0.2, -0.15) is 0 Å². The summed E-state index contributed by atoms with van der Waals surface area (Å²) < 4.78 is 9.98. The van der Waals surface area contributed by atoms with Crippen molar-refractivity contribution >= 4 is 12.1 Å². The lowest BCUT2D eigenvalue weighted by Crippen LogP contribution is -2.43. The van der Waals surface area contributed by atoms with Gasteiger partial charge in [-0.15, -0.1) is 0 Å². The summed E-state index contributed by atoms with van der Waals surface area (Å²) in [7, 11) is 1.30. The van der Waals surface area contributed by atoms with E-state index in [9.17, 15) is 9.59 Å². The molecule has 2 aromatic rings. The van der Waals surface area contributed by atoms with Crippen LogP contribution in [0.15, 0.2) is 54.6 Å². The number of benzene rings is 2. The van der Waals surface area contributed by atoms with Crippen molar-refractivity contribution in [3.05, 3.63) is 71.3 Å². The van der Waals surface area contributed by atoms with Crippen LogP contribution in [-0.2, 0) is 27.3 Å². The number of alkyl carbamates (subject to hydrolysis) is 1.